The number of rotatable bonds is 4. The van der Waals surface area contributed by atoms with Gasteiger partial charge in [-0.25, -0.2) is 0 Å². The summed E-state index contributed by atoms with van der Waals surface area (Å²) in [5.41, 5.74) is 1.74. The molecule has 0 radical (unpaired) electrons. The van der Waals surface area contributed by atoms with Crippen LogP contribution >= 0.6 is 0 Å². The van der Waals surface area contributed by atoms with Gasteiger partial charge in [0, 0.05) is 11.1 Å². The maximum absolute atomic E-state index is 12.7. The number of carbonyl (C=O) groups is 1. The highest BCUT2D eigenvalue weighted by atomic mass is 16.1. The third kappa shape index (κ3) is 3.47. The predicted octanol–water partition coefficient (Wildman–Crippen LogP) is 3.46. The average molecular weight is 312 g/mol. The van der Waals surface area contributed by atoms with Crippen LogP contribution in [0.5, 0.6) is 0 Å². The van der Waals surface area contributed by atoms with Crippen molar-refractivity contribution in [2.24, 2.45) is 0 Å². The van der Waals surface area contributed by atoms with Gasteiger partial charge in [0.05, 0.1) is 5.69 Å². The number of allylic oxidation sites excluding steroid dienone is 2. The van der Waals surface area contributed by atoms with E-state index in [1.807, 2.05) is 19.1 Å². The molecule has 2 rings (SSSR count). The third-order valence-electron chi connectivity index (χ3n) is 3.33. The lowest BCUT2D eigenvalue weighted by Gasteiger charge is -2.10. The maximum Gasteiger partial charge on any atom is 0.195 e. The third-order valence-corrected chi connectivity index (χ3v) is 3.33. The van der Waals surface area contributed by atoms with E-state index < -0.39 is 0 Å². The van der Waals surface area contributed by atoms with Gasteiger partial charge in [-0.3, -0.25) is 4.79 Å². The first-order valence-electron chi connectivity index (χ1n) is 7.02. The average Bonchev–Trinajstić information content (AvgIpc) is 2.62. The largest absolute Gasteiger partial charge is 0.345 e. The molecule has 0 saturated carbocycles. The number of anilines is 1. The SMILES string of the molecule is Cc1ccc(C(=O)c2ccccc2NC(C#N)=C(C#N)C#N)cc1. The molecule has 5 heteroatoms. The van der Waals surface area contributed by atoms with Crippen LogP contribution in [0.15, 0.2) is 59.8 Å². The number of aryl methyl sites for hydroxylation is 1. The molecule has 0 aromatic heterocycles. The Morgan fingerprint density at radius 2 is 1.54 bits per heavy atom. The van der Waals surface area contributed by atoms with Crippen molar-refractivity contribution in [2.75, 3.05) is 5.32 Å². The summed E-state index contributed by atoms with van der Waals surface area (Å²) in [6.45, 7) is 1.93. The van der Waals surface area contributed by atoms with Crippen LogP contribution in [-0.4, -0.2) is 5.78 Å². The van der Waals surface area contributed by atoms with Gasteiger partial charge in [-0.15, -0.1) is 0 Å². The second-order valence-electron chi connectivity index (χ2n) is 4.95. The van der Waals surface area contributed by atoms with Crippen LogP contribution in [-0.2, 0) is 0 Å². The maximum atomic E-state index is 12.7. The van der Waals surface area contributed by atoms with Gasteiger partial charge in [0.15, 0.2) is 11.4 Å². The van der Waals surface area contributed by atoms with Gasteiger partial charge in [-0.1, -0.05) is 42.0 Å². The highest BCUT2D eigenvalue weighted by Crippen LogP contribution is 2.21. The monoisotopic (exact) mass is 312 g/mol. The summed E-state index contributed by atoms with van der Waals surface area (Å²) >= 11 is 0. The van der Waals surface area contributed by atoms with Crippen molar-refractivity contribution in [3.8, 4) is 18.2 Å². The van der Waals surface area contributed by atoms with Gasteiger partial charge in [0.1, 0.15) is 23.9 Å². The summed E-state index contributed by atoms with van der Waals surface area (Å²) in [5, 5.41) is 29.7. The zero-order valence-corrected chi connectivity index (χ0v) is 12.9. The van der Waals surface area contributed by atoms with E-state index in [1.165, 1.54) is 0 Å². The molecule has 2 aromatic rings. The Bertz CT molecular complexity index is 919. The van der Waals surface area contributed by atoms with Gasteiger partial charge >= 0.3 is 0 Å². The molecule has 0 saturated heterocycles. The second-order valence-corrected chi connectivity index (χ2v) is 4.95. The minimum absolute atomic E-state index is 0.191. The Labute approximate surface area is 139 Å². The molecular formula is C19H12N4O. The van der Waals surface area contributed by atoms with Crippen LogP contribution in [0.4, 0.5) is 5.69 Å². The van der Waals surface area contributed by atoms with Gasteiger partial charge in [-0.2, -0.15) is 15.8 Å². The summed E-state index contributed by atoms with van der Waals surface area (Å²) < 4.78 is 0. The fraction of sp³-hybridized carbons (Fsp3) is 0.0526. The lowest BCUT2D eigenvalue weighted by Crippen LogP contribution is -2.08. The zero-order chi connectivity index (χ0) is 17.5. The molecule has 0 aliphatic carbocycles. The molecule has 0 aliphatic heterocycles. The molecule has 0 amide bonds. The summed E-state index contributed by atoms with van der Waals surface area (Å²) in [5.74, 6) is -0.217. The van der Waals surface area contributed by atoms with Crippen LogP contribution < -0.4 is 5.32 Å². The van der Waals surface area contributed by atoms with E-state index in [0.717, 1.165) is 5.56 Å². The summed E-state index contributed by atoms with van der Waals surface area (Å²) in [7, 11) is 0. The van der Waals surface area contributed by atoms with Crippen molar-refractivity contribution in [1.29, 1.82) is 15.8 Å². The van der Waals surface area contributed by atoms with E-state index in [0.29, 0.717) is 16.8 Å². The number of carbonyl (C=O) groups excluding carboxylic acids is 1. The number of nitrogens with zero attached hydrogens (tertiary/aromatic N) is 3. The molecular weight excluding hydrogens is 300 g/mol. The molecule has 2 aromatic carbocycles. The van der Waals surface area contributed by atoms with Crippen molar-refractivity contribution < 1.29 is 4.79 Å². The van der Waals surface area contributed by atoms with Crippen LogP contribution in [0.1, 0.15) is 21.5 Å². The van der Waals surface area contributed by atoms with E-state index >= 15 is 0 Å². The quantitative estimate of drug-likeness (QED) is 0.688. The number of ketones is 1. The highest BCUT2D eigenvalue weighted by molar-refractivity contribution is 6.12. The van der Waals surface area contributed by atoms with E-state index in [2.05, 4.69) is 5.32 Å². The molecule has 0 aliphatic rings. The molecule has 1 N–H and O–H groups in total. The van der Waals surface area contributed by atoms with Gasteiger partial charge < -0.3 is 5.32 Å². The lowest BCUT2D eigenvalue weighted by molar-refractivity contribution is 0.103. The Hall–Kier alpha value is -3.88. The minimum Gasteiger partial charge on any atom is -0.345 e. The van der Waals surface area contributed by atoms with Crippen LogP contribution in [0.3, 0.4) is 0 Å². The topological polar surface area (TPSA) is 100 Å². The fourth-order valence-electron chi connectivity index (χ4n) is 2.07. The molecule has 0 fully saturated rings. The first-order valence-corrected chi connectivity index (χ1v) is 7.02. The number of para-hydroxylation sites is 1. The molecule has 0 bridgehead atoms. The van der Waals surface area contributed by atoms with Crippen molar-refractivity contribution >= 4 is 11.5 Å². The van der Waals surface area contributed by atoms with E-state index in [4.69, 9.17) is 15.8 Å². The van der Waals surface area contributed by atoms with Crippen molar-refractivity contribution in [3.05, 3.63) is 76.5 Å². The second kappa shape index (κ2) is 7.40. The summed E-state index contributed by atoms with van der Waals surface area (Å²) in [4.78, 5) is 12.7. The normalized spacial score (nSPS) is 9.08. The first-order chi connectivity index (χ1) is 11.6. The van der Waals surface area contributed by atoms with Crippen LogP contribution in [0.2, 0.25) is 0 Å². The van der Waals surface area contributed by atoms with Crippen molar-refractivity contribution in [3.63, 3.8) is 0 Å². The number of benzene rings is 2. The number of hydrogen-bond acceptors (Lipinski definition) is 5. The Morgan fingerprint density at radius 3 is 2.12 bits per heavy atom. The summed E-state index contributed by atoms with van der Waals surface area (Å²) in [6, 6.07) is 18.9. The minimum atomic E-state index is -0.338. The predicted molar refractivity (Wildman–Crippen MR) is 88.5 cm³/mol. The molecule has 0 atom stereocenters. The molecule has 114 valence electrons. The Balaban J connectivity index is 2.46. The molecule has 0 heterocycles. The van der Waals surface area contributed by atoms with E-state index in [9.17, 15) is 4.79 Å². The van der Waals surface area contributed by atoms with Crippen molar-refractivity contribution in [1.82, 2.24) is 0 Å². The highest BCUT2D eigenvalue weighted by Gasteiger charge is 2.15. The van der Waals surface area contributed by atoms with Crippen LogP contribution in [0.25, 0.3) is 0 Å². The molecule has 5 nitrogen and oxygen atoms in total. The van der Waals surface area contributed by atoms with E-state index in [1.54, 1.807) is 54.6 Å². The van der Waals surface area contributed by atoms with Gasteiger partial charge in [-0.05, 0) is 19.1 Å². The number of nitriles is 3. The molecule has 0 spiro atoms. The first kappa shape index (κ1) is 16.5. The zero-order valence-electron chi connectivity index (χ0n) is 12.9. The number of nitrogens with one attached hydrogen (secondary N) is 1. The fourth-order valence-corrected chi connectivity index (χ4v) is 2.07. The Kier molecular flexibility index (Phi) is 5.09. The smallest absolute Gasteiger partial charge is 0.195 e. The van der Waals surface area contributed by atoms with E-state index in [-0.39, 0.29) is 17.1 Å². The standard InChI is InChI=1S/C19H12N4O/c1-13-6-8-14(9-7-13)19(24)16-4-2-3-5-17(16)23-18(12-22)15(10-20)11-21/h2-9,23H,1H3. The van der Waals surface area contributed by atoms with Crippen LogP contribution in [0, 0.1) is 40.9 Å². The van der Waals surface area contributed by atoms with Gasteiger partial charge in [0.2, 0.25) is 0 Å². The van der Waals surface area contributed by atoms with Crippen molar-refractivity contribution in [2.45, 2.75) is 6.92 Å². The van der Waals surface area contributed by atoms with Gasteiger partial charge in [0.25, 0.3) is 0 Å². The number of hydrogen-bond donors (Lipinski definition) is 1. The lowest BCUT2D eigenvalue weighted by atomic mass is 10.0. The molecule has 24 heavy (non-hydrogen) atoms. The molecule has 0 unspecified atom stereocenters. The summed E-state index contributed by atoms with van der Waals surface area (Å²) in [6.07, 6.45) is 0. The Morgan fingerprint density at radius 1 is 0.917 bits per heavy atom.